The zero-order valence-electron chi connectivity index (χ0n) is 6.47. The number of nitrogens with zero attached hydrogens (tertiary/aromatic N) is 1. The molecule has 60 valence electrons. The number of hydrogen-bond donors (Lipinski definition) is 1. The van der Waals surface area contributed by atoms with Gasteiger partial charge in [0.25, 0.3) is 0 Å². The minimum Gasteiger partial charge on any atom is -0.281 e. The van der Waals surface area contributed by atoms with Gasteiger partial charge in [-0.25, -0.2) is 0 Å². The highest BCUT2D eigenvalue weighted by Crippen LogP contribution is 2.46. The van der Waals surface area contributed by atoms with Crippen molar-refractivity contribution in [3.63, 3.8) is 0 Å². The molecule has 1 heterocycles. The van der Waals surface area contributed by atoms with Crippen LogP contribution >= 0.6 is 11.6 Å². The molecule has 1 aliphatic carbocycles. The van der Waals surface area contributed by atoms with Gasteiger partial charge >= 0.3 is 0 Å². The molecule has 1 N–H and O–H groups in total. The summed E-state index contributed by atoms with van der Waals surface area (Å²) in [5.41, 5.74) is 2.22. The Morgan fingerprint density at radius 2 is 2.55 bits per heavy atom. The summed E-state index contributed by atoms with van der Waals surface area (Å²) < 4.78 is 0. The van der Waals surface area contributed by atoms with Gasteiger partial charge in [0.1, 0.15) is 0 Å². The van der Waals surface area contributed by atoms with Gasteiger partial charge in [-0.2, -0.15) is 5.10 Å². The van der Waals surface area contributed by atoms with E-state index in [0.29, 0.717) is 11.8 Å². The molecule has 0 bridgehead atoms. The molecule has 0 radical (unpaired) electrons. The summed E-state index contributed by atoms with van der Waals surface area (Å²) in [6.45, 7) is 2.25. The largest absolute Gasteiger partial charge is 0.281 e. The zero-order chi connectivity index (χ0) is 7.84. The maximum Gasteiger partial charge on any atom is 0.0659 e. The Kier molecular flexibility index (Phi) is 1.64. The molecular formula is C8H11ClN2. The predicted molar refractivity (Wildman–Crippen MR) is 44.7 cm³/mol. The first-order chi connectivity index (χ1) is 5.31. The molecule has 0 spiro atoms. The van der Waals surface area contributed by atoms with Crippen LogP contribution in [0.4, 0.5) is 0 Å². The third kappa shape index (κ3) is 1.27. The summed E-state index contributed by atoms with van der Waals surface area (Å²) in [6, 6.07) is 2.07. The highest BCUT2D eigenvalue weighted by molar-refractivity contribution is 6.16. The number of hydrogen-bond acceptors (Lipinski definition) is 1. The lowest BCUT2D eigenvalue weighted by molar-refractivity contribution is 0.869. The van der Waals surface area contributed by atoms with Gasteiger partial charge in [-0.05, 0) is 18.4 Å². The van der Waals surface area contributed by atoms with Crippen molar-refractivity contribution in [2.45, 2.75) is 25.1 Å². The maximum atomic E-state index is 5.63. The average Bonchev–Trinajstić information content (AvgIpc) is 2.59. The van der Waals surface area contributed by atoms with Crippen molar-refractivity contribution in [2.75, 3.05) is 0 Å². The fourth-order valence-corrected chi connectivity index (χ4v) is 1.51. The van der Waals surface area contributed by atoms with E-state index in [1.54, 1.807) is 0 Å². The van der Waals surface area contributed by atoms with Crippen LogP contribution in [0.3, 0.4) is 0 Å². The molecule has 1 aromatic rings. The van der Waals surface area contributed by atoms with Crippen LogP contribution in [0.25, 0.3) is 0 Å². The fourth-order valence-electron chi connectivity index (χ4n) is 1.37. The van der Waals surface area contributed by atoms with Gasteiger partial charge in [-0.15, -0.1) is 11.6 Å². The fraction of sp³-hybridized carbons (Fsp3) is 0.625. The molecule has 0 aromatic carbocycles. The lowest BCUT2D eigenvalue weighted by Gasteiger charge is -1.85. The van der Waals surface area contributed by atoms with Gasteiger partial charge in [-0.1, -0.05) is 6.92 Å². The number of aromatic nitrogens is 2. The molecule has 0 aliphatic heterocycles. The van der Waals surface area contributed by atoms with Crippen LogP contribution < -0.4 is 0 Å². The zero-order valence-corrected chi connectivity index (χ0v) is 7.23. The summed E-state index contributed by atoms with van der Waals surface area (Å²) in [4.78, 5) is 0. The molecule has 0 amide bonds. The van der Waals surface area contributed by atoms with Crippen molar-refractivity contribution < 1.29 is 0 Å². The van der Waals surface area contributed by atoms with Crippen molar-refractivity contribution in [1.82, 2.24) is 10.2 Å². The third-order valence-corrected chi connectivity index (χ3v) is 2.57. The minimum atomic E-state index is 0.536. The molecule has 0 saturated heterocycles. The van der Waals surface area contributed by atoms with E-state index in [1.807, 2.05) is 0 Å². The Morgan fingerprint density at radius 1 is 1.82 bits per heavy atom. The number of aromatic amines is 1. The Hall–Kier alpha value is -0.500. The normalized spacial score (nSPS) is 28.9. The van der Waals surface area contributed by atoms with Gasteiger partial charge in [0.15, 0.2) is 0 Å². The molecule has 1 aromatic heterocycles. The van der Waals surface area contributed by atoms with E-state index < -0.39 is 0 Å². The first-order valence-corrected chi connectivity index (χ1v) is 4.45. The smallest absolute Gasteiger partial charge is 0.0659 e. The minimum absolute atomic E-state index is 0.536. The summed E-state index contributed by atoms with van der Waals surface area (Å²) in [6.07, 6.45) is 1.28. The summed E-state index contributed by atoms with van der Waals surface area (Å²) >= 11 is 5.63. The monoisotopic (exact) mass is 170 g/mol. The van der Waals surface area contributed by atoms with Crippen LogP contribution in [0.2, 0.25) is 0 Å². The molecule has 2 rings (SSSR count). The molecule has 3 heteroatoms. The second-order valence-corrected chi connectivity index (χ2v) is 3.54. The van der Waals surface area contributed by atoms with E-state index in [1.165, 1.54) is 12.1 Å². The first kappa shape index (κ1) is 7.17. The highest BCUT2D eigenvalue weighted by atomic mass is 35.5. The summed E-state index contributed by atoms with van der Waals surface area (Å²) in [5, 5.41) is 7.11. The van der Waals surface area contributed by atoms with E-state index in [4.69, 9.17) is 11.6 Å². The van der Waals surface area contributed by atoms with Crippen molar-refractivity contribution in [3.8, 4) is 0 Å². The van der Waals surface area contributed by atoms with E-state index in [-0.39, 0.29) is 0 Å². The standard InChI is InChI=1S/C8H11ClN2/c1-5-2-7(5)8-3-6(4-9)10-11-8/h3,5,7H,2,4H2,1H3,(H,10,11). The van der Waals surface area contributed by atoms with Crippen LogP contribution in [0.1, 0.15) is 30.7 Å². The number of H-pyrrole nitrogens is 1. The third-order valence-electron chi connectivity index (χ3n) is 2.28. The molecular weight excluding hydrogens is 160 g/mol. The Morgan fingerprint density at radius 3 is 3.00 bits per heavy atom. The lowest BCUT2D eigenvalue weighted by atomic mass is 10.2. The highest BCUT2D eigenvalue weighted by Gasteiger charge is 2.35. The van der Waals surface area contributed by atoms with Crippen molar-refractivity contribution >= 4 is 11.6 Å². The van der Waals surface area contributed by atoms with Crippen LogP contribution in [-0.2, 0) is 5.88 Å². The van der Waals surface area contributed by atoms with Crippen molar-refractivity contribution in [2.24, 2.45) is 5.92 Å². The molecule has 1 saturated carbocycles. The Balaban J connectivity index is 2.13. The van der Waals surface area contributed by atoms with Gasteiger partial charge in [0, 0.05) is 5.92 Å². The molecule has 1 fully saturated rings. The van der Waals surface area contributed by atoms with Gasteiger partial charge < -0.3 is 0 Å². The molecule has 2 unspecified atom stereocenters. The molecule has 2 nitrogen and oxygen atoms in total. The van der Waals surface area contributed by atoms with Gasteiger partial charge in [-0.3, -0.25) is 5.10 Å². The van der Waals surface area contributed by atoms with Crippen LogP contribution in [0.15, 0.2) is 6.07 Å². The predicted octanol–water partition coefficient (Wildman–Crippen LogP) is 2.27. The van der Waals surface area contributed by atoms with Crippen molar-refractivity contribution in [1.29, 1.82) is 0 Å². The number of rotatable bonds is 2. The summed E-state index contributed by atoms with van der Waals surface area (Å²) in [5.74, 6) is 2.05. The number of nitrogens with one attached hydrogen (secondary N) is 1. The SMILES string of the molecule is CC1CC1c1cc(CCl)[nH]n1. The topological polar surface area (TPSA) is 28.7 Å². The average molecular weight is 171 g/mol. The van der Waals surface area contributed by atoms with Crippen molar-refractivity contribution in [3.05, 3.63) is 17.5 Å². The quantitative estimate of drug-likeness (QED) is 0.678. The maximum absolute atomic E-state index is 5.63. The van der Waals surface area contributed by atoms with Crippen LogP contribution in [0, 0.1) is 5.92 Å². The molecule has 11 heavy (non-hydrogen) atoms. The molecule has 1 aliphatic rings. The second-order valence-electron chi connectivity index (χ2n) is 3.27. The Bertz CT molecular complexity index is 256. The van der Waals surface area contributed by atoms with Gasteiger partial charge in [0.2, 0.25) is 0 Å². The number of halogens is 1. The van der Waals surface area contributed by atoms with Gasteiger partial charge in [0.05, 0.1) is 17.3 Å². The van der Waals surface area contributed by atoms with E-state index >= 15 is 0 Å². The van der Waals surface area contributed by atoms with E-state index in [2.05, 4.69) is 23.2 Å². The lowest BCUT2D eigenvalue weighted by Crippen LogP contribution is -1.79. The van der Waals surface area contributed by atoms with E-state index in [9.17, 15) is 0 Å². The van der Waals surface area contributed by atoms with E-state index in [0.717, 1.165) is 11.6 Å². The second kappa shape index (κ2) is 2.52. The summed E-state index contributed by atoms with van der Waals surface area (Å²) in [7, 11) is 0. The first-order valence-electron chi connectivity index (χ1n) is 3.91. The van der Waals surface area contributed by atoms with Crippen LogP contribution in [-0.4, -0.2) is 10.2 Å². The number of alkyl halides is 1. The van der Waals surface area contributed by atoms with Crippen LogP contribution in [0.5, 0.6) is 0 Å². The Labute approximate surface area is 71.0 Å². The molecule has 2 atom stereocenters.